The second-order valence-electron chi connectivity index (χ2n) is 1.27. The van der Waals surface area contributed by atoms with Crippen LogP contribution in [0.2, 0.25) is 0 Å². The fraction of sp³-hybridized carbons (Fsp3) is 0. The Morgan fingerprint density at radius 3 is 1.82 bits per heavy atom. The van der Waals surface area contributed by atoms with Crippen molar-refractivity contribution in [3.63, 3.8) is 0 Å². The Morgan fingerprint density at radius 2 is 1.82 bits per heavy atom. The molecule has 0 unspecified atom stereocenters. The van der Waals surface area contributed by atoms with E-state index < -0.39 is 21.0 Å². The van der Waals surface area contributed by atoms with Crippen LogP contribution in [0.3, 0.4) is 0 Å². The van der Waals surface area contributed by atoms with Crippen LogP contribution in [-0.2, 0) is 14.9 Å². The normalized spacial score (nSPS) is 11.9. The molecule has 0 spiro atoms. The molecule has 0 saturated carbocycles. The van der Waals surface area contributed by atoms with E-state index in [2.05, 4.69) is 0 Å². The van der Waals surface area contributed by atoms with Crippen molar-refractivity contribution in [1.29, 1.82) is 0 Å². The van der Waals surface area contributed by atoms with E-state index in [-0.39, 0.29) is 37.2 Å². The summed E-state index contributed by atoms with van der Waals surface area (Å²) in [6.45, 7) is 0. The van der Waals surface area contributed by atoms with Crippen LogP contribution in [-0.4, -0.2) is 29.2 Å². The van der Waals surface area contributed by atoms with Gasteiger partial charge in [0.15, 0.2) is 0 Å². The minimum atomic E-state index is -4.80. The zero-order valence-electron chi connectivity index (χ0n) is 6.55. The molecule has 0 aliphatic heterocycles. The molecule has 60 valence electrons. The largest absolute Gasteiger partial charge is 1.00 e. The third-order valence-corrected chi connectivity index (χ3v) is 1.44. The molecule has 0 radical (unpaired) electrons. The van der Waals surface area contributed by atoms with E-state index in [0.717, 1.165) is 0 Å². The van der Waals surface area contributed by atoms with E-state index in [4.69, 9.17) is 14.8 Å². The van der Waals surface area contributed by atoms with Gasteiger partial charge in [-0.2, -0.15) is 8.42 Å². The number of carboxylic acid groups (broad SMARTS) is 1. The first kappa shape index (κ1) is 13.5. The topological polar surface area (TPSA) is 112 Å². The molecular weight excluding hydrogens is 187 g/mol. The van der Waals surface area contributed by atoms with Crippen LogP contribution >= 0.6 is 0 Å². The van der Waals surface area contributed by atoms with Gasteiger partial charge in [0.1, 0.15) is 6.26 Å². The minimum Gasteiger partial charge on any atom is -1.00 e. The third kappa shape index (κ3) is 4.38. The van der Waals surface area contributed by atoms with Crippen LogP contribution in [0.4, 0.5) is 0 Å². The van der Waals surface area contributed by atoms with Crippen molar-refractivity contribution >= 4 is 16.1 Å². The number of hydrogen-bond acceptors (Lipinski definition) is 4. The van der Waals surface area contributed by atoms with Gasteiger partial charge in [0.2, 0.25) is 4.91 Å². The summed E-state index contributed by atoms with van der Waals surface area (Å²) in [6, 6.07) is 0. The molecule has 0 aliphatic rings. The summed E-state index contributed by atoms with van der Waals surface area (Å²) in [4.78, 5) is 8.36. The van der Waals surface area contributed by atoms with E-state index in [0.29, 0.717) is 0 Å². The minimum absolute atomic E-state index is 0. The van der Waals surface area contributed by atoms with Crippen LogP contribution in [0.5, 0.6) is 0 Å². The molecule has 0 saturated heterocycles. The van der Waals surface area contributed by atoms with Gasteiger partial charge in [0.05, 0.1) is 0 Å². The summed E-state index contributed by atoms with van der Waals surface area (Å²) >= 11 is 0. The number of aliphatic carboxylic acids is 1. The van der Waals surface area contributed by atoms with Crippen LogP contribution in [0.25, 0.3) is 0 Å². The maximum absolute atomic E-state index is 9.95. The van der Waals surface area contributed by atoms with Gasteiger partial charge in [0, 0.05) is 0 Å². The number of carbonyl (C=O) groups is 1. The fourth-order valence-corrected chi connectivity index (χ4v) is 0.586. The quantitative estimate of drug-likeness (QED) is 0.181. The second kappa shape index (κ2) is 4.73. The predicted octanol–water partition coefficient (Wildman–Crippen LogP) is -3.53. The van der Waals surface area contributed by atoms with Crippen LogP contribution in [0.15, 0.2) is 11.2 Å². The van der Waals surface area contributed by atoms with E-state index in [9.17, 15) is 13.2 Å². The number of hydrogen-bond donors (Lipinski definition) is 3. The van der Waals surface area contributed by atoms with Gasteiger partial charge in [-0.05, 0) is 0 Å². The summed E-state index contributed by atoms with van der Waals surface area (Å²) in [5.41, 5.74) is 0. The molecule has 0 fully saturated rings. The van der Waals surface area contributed by atoms with Crippen molar-refractivity contribution in [1.82, 2.24) is 0 Å². The number of rotatable bonds is 2. The Kier molecular flexibility index (Phi) is 5.81. The van der Waals surface area contributed by atoms with Gasteiger partial charge in [0.25, 0.3) is 0 Å². The Labute approximate surface area is 86.1 Å². The molecular formula is C3H5NaO6S. The smallest absolute Gasteiger partial charge is 1.00 e. The molecule has 3 N–H and O–H groups in total. The first-order valence-electron chi connectivity index (χ1n) is 1.94. The first-order chi connectivity index (χ1) is 4.39. The molecule has 0 rings (SSSR count). The van der Waals surface area contributed by atoms with Crippen molar-refractivity contribution in [2.45, 2.75) is 0 Å². The summed E-state index contributed by atoms with van der Waals surface area (Å²) in [7, 11) is -4.80. The van der Waals surface area contributed by atoms with Crippen molar-refractivity contribution < 1.29 is 59.0 Å². The number of aliphatic hydroxyl groups is 1. The van der Waals surface area contributed by atoms with Gasteiger partial charge < -0.3 is 11.6 Å². The maximum Gasteiger partial charge on any atom is 1.00 e. The van der Waals surface area contributed by atoms with E-state index in [1.165, 1.54) is 0 Å². The second-order valence-corrected chi connectivity index (χ2v) is 2.66. The molecule has 0 atom stereocenters. The standard InChI is InChI=1S/C3H4O6S.Na.H/c4-1-2(3(5)6)10(7,8)9;;/h1,4H,(H,5,6)(H,7,8,9);;/q;+1;-1. The average Bonchev–Trinajstić information content (AvgIpc) is 1.60. The molecule has 0 aromatic carbocycles. The molecule has 0 heterocycles. The zero-order valence-corrected chi connectivity index (χ0v) is 8.37. The van der Waals surface area contributed by atoms with Gasteiger partial charge in [-0.3, -0.25) is 4.55 Å². The summed E-state index contributed by atoms with van der Waals surface area (Å²) in [5, 5.41) is 15.9. The zero-order chi connectivity index (χ0) is 8.36. The summed E-state index contributed by atoms with van der Waals surface area (Å²) < 4.78 is 27.9. The third-order valence-electron chi connectivity index (χ3n) is 0.606. The molecule has 0 aromatic heterocycles. The van der Waals surface area contributed by atoms with Gasteiger partial charge in [-0.25, -0.2) is 4.79 Å². The number of carboxylic acids is 1. The Hall–Kier alpha value is -0.0800. The van der Waals surface area contributed by atoms with Crippen LogP contribution in [0, 0.1) is 0 Å². The number of aliphatic hydroxyl groups excluding tert-OH is 1. The monoisotopic (exact) mass is 192 g/mol. The molecule has 11 heavy (non-hydrogen) atoms. The maximum atomic E-state index is 9.95. The Bertz CT molecular complexity index is 269. The van der Waals surface area contributed by atoms with Crippen molar-refractivity contribution in [3.05, 3.63) is 11.2 Å². The van der Waals surface area contributed by atoms with Crippen LogP contribution in [0.1, 0.15) is 1.43 Å². The first-order valence-corrected chi connectivity index (χ1v) is 3.38. The average molecular weight is 192 g/mol. The van der Waals surface area contributed by atoms with E-state index >= 15 is 0 Å². The Morgan fingerprint density at radius 1 is 1.45 bits per heavy atom. The molecule has 0 amide bonds. The van der Waals surface area contributed by atoms with Crippen molar-refractivity contribution in [3.8, 4) is 0 Å². The molecule has 0 aromatic rings. The van der Waals surface area contributed by atoms with Crippen molar-refractivity contribution in [2.24, 2.45) is 0 Å². The molecule has 6 nitrogen and oxygen atoms in total. The van der Waals surface area contributed by atoms with Gasteiger partial charge in [-0.1, -0.05) is 0 Å². The fourth-order valence-electron chi connectivity index (χ4n) is 0.232. The van der Waals surface area contributed by atoms with E-state index in [1.807, 2.05) is 0 Å². The Balaban J connectivity index is -0.000000405. The predicted molar refractivity (Wildman–Crippen MR) is 31.0 cm³/mol. The molecule has 8 heteroatoms. The summed E-state index contributed by atoms with van der Waals surface area (Å²) in [6.07, 6.45) is -0.197. The molecule has 0 aliphatic carbocycles. The summed E-state index contributed by atoms with van der Waals surface area (Å²) in [5.74, 6) is -1.91. The van der Waals surface area contributed by atoms with Gasteiger partial charge in [-0.15, -0.1) is 0 Å². The van der Waals surface area contributed by atoms with E-state index in [1.54, 1.807) is 0 Å². The van der Waals surface area contributed by atoms with Crippen molar-refractivity contribution in [2.75, 3.05) is 0 Å². The molecule has 0 bridgehead atoms. The van der Waals surface area contributed by atoms with Gasteiger partial charge >= 0.3 is 45.6 Å². The van der Waals surface area contributed by atoms with Crippen LogP contribution < -0.4 is 29.6 Å². The SMILES string of the molecule is O=C(O)C(=CO)S(=O)(=O)O.[H-].[Na+].